The van der Waals surface area contributed by atoms with Crippen LogP contribution in [0.2, 0.25) is 0 Å². The summed E-state index contributed by atoms with van der Waals surface area (Å²) in [6, 6.07) is 17.8. The highest BCUT2D eigenvalue weighted by Crippen LogP contribution is 2.27. The SMILES string of the molecule is COc1cccc(-c2cc(C(=O)N[C@@H](Cc3ccccc3)C(=O)NCC3CC3)no2)c1. The fourth-order valence-corrected chi connectivity index (χ4v) is 3.28. The van der Waals surface area contributed by atoms with Crippen molar-refractivity contribution in [2.24, 2.45) is 5.92 Å². The first-order valence-electron chi connectivity index (χ1n) is 10.4. The van der Waals surface area contributed by atoms with Crippen LogP contribution in [0.4, 0.5) is 0 Å². The van der Waals surface area contributed by atoms with Crippen LogP contribution in [0.1, 0.15) is 28.9 Å². The molecule has 1 atom stereocenters. The van der Waals surface area contributed by atoms with E-state index >= 15 is 0 Å². The van der Waals surface area contributed by atoms with Crippen molar-refractivity contribution in [1.82, 2.24) is 15.8 Å². The molecule has 7 heteroatoms. The number of hydrogen-bond donors (Lipinski definition) is 2. The number of hydrogen-bond acceptors (Lipinski definition) is 5. The average Bonchev–Trinajstić information content (AvgIpc) is 3.50. The number of carbonyl (C=O) groups excluding carboxylic acids is 2. The molecule has 1 saturated carbocycles. The van der Waals surface area contributed by atoms with Crippen molar-refractivity contribution in [1.29, 1.82) is 0 Å². The van der Waals surface area contributed by atoms with E-state index in [0.29, 0.717) is 30.4 Å². The molecule has 0 unspecified atom stereocenters. The van der Waals surface area contributed by atoms with Gasteiger partial charge in [-0.15, -0.1) is 0 Å². The van der Waals surface area contributed by atoms with E-state index in [1.165, 1.54) is 0 Å². The molecule has 0 saturated heterocycles. The second kappa shape index (κ2) is 9.47. The van der Waals surface area contributed by atoms with Gasteiger partial charge >= 0.3 is 0 Å². The largest absolute Gasteiger partial charge is 0.497 e. The number of aromatic nitrogens is 1. The molecule has 2 amide bonds. The Labute approximate surface area is 180 Å². The van der Waals surface area contributed by atoms with E-state index in [9.17, 15) is 9.59 Å². The summed E-state index contributed by atoms with van der Waals surface area (Å²) in [4.78, 5) is 25.6. The number of nitrogens with one attached hydrogen (secondary N) is 2. The molecule has 0 radical (unpaired) electrons. The van der Waals surface area contributed by atoms with Gasteiger partial charge in [0, 0.05) is 24.6 Å². The zero-order valence-corrected chi connectivity index (χ0v) is 17.3. The molecule has 7 nitrogen and oxygen atoms in total. The van der Waals surface area contributed by atoms with Gasteiger partial charge in [0.05, 0.1) is 7.11 Å². The maximum atomic E-state index is 12.8. The number of rotatable bonds is 9. The monoisotopic (exact) mass is 419 g/mol. The minimum absolute atomic E-state index is 0.117. The minimum Gasteiger partial charge on any atom is -0.497 e. The smallest absolute Gasteiger partial charge is 0.274 e. The lowest BCUT2D eigenvalue weighted by molar-refractivity contribution is -0.123. The van der Waals surface area contributed by atoms with Crippen molar-refractivity contribution in [3.8, 4) is 17.1 Å². The molecule has 160 valence electrons. The van der Waals surface area contributed by atoms with Gasteiger partial charge in [-0.25, -0.2) is 0 Å². The highest BCUT2D eigenvalue weighted by atomic mass is 16.5. The van der Waals surface area contributed by atoms with Crippen molar-refractivity contribution in [3.63, 3.8) is 0 Å². The van der Waals surface area contributed by atoms with E-state index < -0.39 is 11.9 Å². The maximum absolute atomic E-state index is 12.8. The van der Waals surface area contributed by atoms with Crippen molar-refractivity contribution < 1.29 is 18.8 Å². The Morgan fingerprint density at radius 2 is 1.94 bits per heavy atom. The van der Waals surface area contributed by atoms with Crippen LogP contribution in [-0.4, -0.2) is 36.7 Å². The van der Waals surface area contributed by atoms with E-state index in [4.69, 9.17) is 9.26 Å². The van der Waals surface area contributed by atoms with Crippen LogP contribution in [0.25, 0.3) is 11.3 Å². The Kier molecular flexibility index (Phi) is 6.31. The molecule has 0 spiro atoms. The Morgan fingerprint density at radius 3 is 2.68 bits per heavy atom. The molecule has 31 heavy (non-hydrogen) atoms. The van der Waals surface area contributed by atoms with Crippen LogP contribution < -0.4 is 15.4 Å². The number of carbonyl (C=O) groups is 2. The lowest BCUT2D eigenvalue weighted by Gasteiger charge is -2.18. The van der Waals surface area contributed by atoms with Gasteiger partial charge in [0.2, 0.25) is 5.91 Å². The molecule has 4 rings (SSSR count). The lowest BCUT2D eigenvalue weighted by Crippen LogP contribution is -2.48. The Morgan fingerprint density at radius 1 is 1.13 bits per heavy atom. The summed E-state index contributed by atoms with van der Waals surface area (Å²) >= 11 is 0. The van der Waals surface area contributed by atoms with Crippen molar-refractivity contribution in [3.05, 3.63) is 71.9 Å². The number of nitrogens with zero attached hydrogens (tertiary/aromatic N) is 1. The first-order chi connectivity index (χ1) is 15.1. The Bertz CT molecular complexity index is 1040. The summed E-state index contributed by atoms with van der Waals surface area (Å²) < 4.78 is 10.6. The van der Waals surface area contributed by atoms with E-state index in [0.717, 1.165) is 24.0 Å². The molecule has 1 aliphatic carbocycles. The van der Waals surface area contributed by atoms with Gasteiger partial charge in [0.25, 0.3) is 5.91 Å². The molecule has 1 aromatic heterocycles. The van der Waals surface area contributed by atoms with E-state index in [2.05, 4.69) is 15.8 Å². The average molecular weight is 419 g/mol. The summed E-state index contributed by atoms with van der Waals surface area (Å²) in [5.41, 5.74) is 1.83. The predicted molar refractivity (Wildman–Crippen MR) is 116 cm³/mol. The molecule has 1 fully saturated rings. The molecule has 0 aliphatic heterocycles. The zero-order valence-electron chi connectivity index (χ0n) is 17.3. The first kappa shape index (κ1) is 20.7. The second-order valence-electron chi connectivity index (χ2n) is 7.71. The van der Waals surface area contributed by atoms with Crippen molar-refractivity contribution in [2.45, 2.75) is 25.3 Å². The predicted octanol–water partition coefficient (Wildman–Crippen LogP) is 3.22. The van der Waals surface area contributed by atoms with Crippen LogP contribution >= 0.6 is 0 Å². The van der Waals surface area contributed by atoms with Crippen molar-refractivity contribution in [2.75, 3.05) is 13.7 Å². The van der Waals surface area contributed by atoms with Gasteiger partial charge in [-0.1, -0.05) is 47.6 Å². The third-order valence-electron chi connectivity index (χ3n) is 5.26. The maximum Gasteiger partial charge on any atom is 0.274 e. The molecular weight excluding hydrogens is 394 g/mol. The number of benzene rings is 2. The fourth-order valence-electron chi connectivity index (χ4n) is 3.28. The highest BCUT2D eigenvalue weighted by molar-refractivity contribution is 5.96. The van der Waals surface area contributed by atoms with Crippen LogP contribution in [0.15, 0.2) is 65.2 Å². The third kappa shape index (κ3) is 5.51. The summed E-state index contributed by atoms with van der Waals surface area (Å²) in [6.07, 6.45) is 2.67. The summed E-state index contributed by atoms with van der Waals surface area (Å²) in [7, 11) is 1.58. The van der Waals surface area contributed by atoms with Crippen LogP contribution in [-0.2, 0) is 11.2 Å². The Balaban J connectivity index is 1.47. The fraction of sp³-hybridized carbons (Fsp3) is 0.292. The quantitative estimate of drug-likeness (QED) is 0.556. The Hall–Kier alpha value is -3.61. The zero-order chi connectivity index (χ0) is 21.6. The molecule has 2 N–H and O–H groups in total. The van der Waals surface area contributed by atoms with E-state index in [-0.39, 0.29) is 11.6 Å². The molecule has 3 aromatic rings. The standard InChI is InChI=1S/C24H25N3O4/c1-30-19-9-5-8-18(13-19)22-14-21(27-31-22)24(29)26-20(12-16-6-3-2-4-7-16)23(28)25-15-17-10-11-17/h2-9,13-14,17,20H,10-12,15H2,1H3,(H,25,28)(H,26,29)/t20-/m0/s1. The molecule has 2 aromatic carbocycles. The molecule has 1 heterocycles. The second-order valence-corrected chi connectivity index (χ2v) is 7.71. The van der Waals surface area contributed by atoms with Gasteiger partial charge in [0.15, 0.2) is 11.5 Å². The van der Waals surface area contributed by atoms with Gasteiger partial charge in [-0.2, -0.15) is 0 Å². The van der Waals surface area contributed by atoms with E-state index in [1.807, 2.05) is 48.5 Å². The molecule has 0 bridgehead atoms. The normalized spacial score (nSPS) is 14.0. The first-order valence-corrected chi connectivity index (χ1v) is 10.4. The van der Waals surface area contributed by atoms with Crippen LogP contribution in [0.5, 0.6) is 5.75 Å². The minimum atomic E-state index is -0.703. The van der Waals surface area contributed by atoms with Gasteiger partial charge in [-0.3, -0.25) is 9.59 Å². The van der Waals surface area contributed by atoms with E-state index in [1.54, 1.807) is 19.2 Å². The number of ether oxygens (including phenoxy) is 1. The summed E-state index contributed by atoms with van der Waals surface area (Å²) in [6.45, 7) is 0.643. The van der Waals surface area contributed by atoms with Crippen molar-refractivity contribution >= 4 is 11.8 Å². The summed E-state index contributed by atoms with van der Waals surface area (Å²) in [5.74, 6) is 1.02. The third-order valence-corrected chi connectivity index (χ3v) is 5.26. The van der Waals surface area contributed by atoms with Gasteiger partial charge in [0.1, 0.15) is 11.8 Å². The number of methoxy groups -OCH3 is 1. The van der Waals surface area contributed by atoms with Gasteiger partial charge < -0.3 is 19.9 Å². The van der Waals surface area contributed by atoms with Gasteiger partial charge in [-0.05, 0) is 36.5 Å². The molecule has 1 aliphatic rings. The molecular formula is C24H25N3O4. The topological polar surface area (TPSA) is 93.5 Å². The highest BCUT2D eigenvalue weighted by Gasteiger charge is 2.27. The number of amides is 2. The van der Waals surface area contributed by atoms with Crippen LogP contribution in [0.3, 0.4) is 0 Å². The summed E-state index contributed by atoms with van der Waals surface area (Å²) in [5, 5.41) is 9.66. The van der Waals surface area contributed by atoms with Crippen LogP contribution in [0, 0.1) is 5.92 Å². The lowest BCUT2D eigenvalue weighted by atomic mass is 10.0.